The van der Waals surface area contributed by atoms with E-state index in [9.17, 15) is 4.79 Å². The molecule has 5 nitrogen and oxygen atoms in total. The summed E-state index contributed by atoms with van der Waals surface area (Å²) in [7, 11) is 0. The van der Waals surface area contributed by atoms with E-state index in [2.05, 4.69) is 4.98 Å². The van der Waals surface area contributed by atoms with Crippen LogP contribution < -0.4 is 11.5 Å². The third-order valence-electron chi connectivity index (χ3n) is 2.89. The van der Waals surface area contributed by atoms with Gasteiger partial charge in [-0.2, -0.15) is 0 Å². The fraction of sp³-hybridized carbons (Fsp3) is 0.400. The van der Waals surface area contributed by atoms with Crippen molar-refractivity contribution in [2.24, 2.45) is 5.73 Å². The summed E-state index contributed by atoms with van der Waals surface area (Å²) in [5, 5.41) is 0. The zero-order valence-corrected chi connectivity index (χ0v) is 8.09. The summed E-state index contributed by atoms with van der Waals surface area (Å²) in [6, 6.07) is 3.86. The van der Waals surface area contributed by atoms with Crippen molar-refractivity contribution in [1.82, 2.24) is 9.55 Å². The number of hydrogen-bond acceptors (Lipinski definition) is 4. The number of oxazole rings is 1. The van der Waals surface area contributed by atoms with Gasteiger partial charge in [-0.25, -0.2) is 9.78 Å². The molecule has 0 aliphatic heterocycles. The molecule has 1 fully saturated rings. The van der Waals surface area contributed by atoms with Crippen LogP contribution in [0.4, 0.5) is 0 Å². The zero-order chi connectivity index (χ0) is 10.4. The van der Waals surface area contributed by atoms with Crippen LogP contribution in [0.25, 0.3) is 11.2 Å². The van der Waals surface area contributed by atoms with Crippen molar-refractivity contribution in [1.29, 1.82) is 0 Å². The number of nitrogens with zero attached hydrogens (tertiary/aromatic N) is 2. The minimum Gasteiger partial charge on any atom is -0.406 e. The van der Waals surface area contributed by atoms with Crippen molar-refractivity contribution < 1.29 is 4.42 Å². The van der Waals surface area contributed by atoms with Crippen molar-refractivity contribution in [3.05, 3.63) is 28.9 Å². The first kappa shape index (κ1) is 8.67. The highest BCUT2D eigenvalue weighted by molar-refractivity contribution is 5.67. The Morgan fingerprint density at radius 2 is 2.33 bits per heavy atom. The monoisotopic (exact) mass is 205 g/mol. The van der Waals surface area contributed by atoms with Crippen molar-refractivity contribution >= 4 is 11.2 Å². The molecule has 0 bridgehead atoms. The van der Waals surface area contributed by atoms with E-state index < -0.39 is 0 Å². The van der Waals surface area contributed by atoms with Gasteiger partial charge in [0.05, 0.1) is 0 Å². The van der Waals surface area contributed by atoms with Crippen LogP contribution >= 0.6 is 0 Å². The molecule has 0 amide bonds. The van der Waals surface area contributed by atoms with Gasteiger partial charge in [0.25, 0.3) is 0 Å². The van der Waals surface area contributed by atoms with Crippen LogP contribution in [0.5, 0.6) is 0 Å². The Kier molecular flexibility index (Phi) is 1.70. The lowest BCUT2D eigenvalue weighted by atomic mass is 9.87. The molecule has 1 aliphatic carbocycles. The summed E-state index contributed by atoms with van der Waals surface area (Å²) in [5.74, 6) is -0.333. The summed E-state index contributed by atoms with van der Waals surface area (Å²) in [5.41, 5.74) is 6.87. The molecule has 3 rings (SSSR count). The second-order valence-electron chi connectivity index (χ2n) is 3.95. The quantitative estimate of drug-likeness (QED) is 0.741. The molecule has 2 aromatic heterocycles. The van der Waals surface area contributed by atoms with E-state index in [1.54, 1.807) is 22.9 Å². The minimum absolute atomic E-state index is 0.156. The molecule has 78 valence electrons. The maximum Gasteiger partial charge on any atom is 0.421 e. The Bertz CT molecular complexity index is 551. The lowest BCUT2D eigenvalue weighted by Gasteiger charge is -2.32. The Morgan fingerprint density at radius 1 is 1.53 bits per heavy atom. The van der Waals surface area contributed by atoms with Gasteiger partial charge in [-0.3, -0.25) is 4.57 Å². The highest BCUT2D eigenvalue weighted by atomic mass is 16.4. The van der Waals surface area contributed by atoms with Gasteiger partial charge in [0, 0.05) is 18.3 Å². The largest absolute Gasteiger partial charge is 0.421 e. The number of hydrogen-bond donors (Lipinski definition) is 1. The smallest absolute Gasteiger partial charge is 0.406 e. The van der Waals surface area contributed by atoms with Crippen molar-refractivity contribution in [3.63, 3.8) is 0 Å². The average Bonchev–Trinajstić information content (AvgIpc) is 2.49. The number of pyridine rings is 1. The van der Waals surface area contributed by atoms with Gasteiger partial charge in [0.15, 0.2) is 11.2 Å². The lowest BCUT2D eigenvalue weighted by Crippen LogP contribution is -2.40. The molecule has 1 saturated carbocycles. The molecular formula is C10H11N3O2. The van der Waals surface area contributed by atoms with Gasteiger partial charge >= 0.3 is 5.76 Å². The maximum absolute atomic E-state index is 11.6. The van der Waals surface area contributed by atoms with Gasteiger partial charge in [0.1, 0.15) is 0 Å². The van der Waals surface area contributed by atoms with Crippen molar-refractivity contribution in [2.45, 2.75) is 24.9 Å². The molecule has 0 spiro atoms. The van der Waals surface area contributed by atoms with E-state index in [0.29, 0.717) is 11.2 Å². The van der Waals surface area contributed by atoms with Gasteiger partial charge < -0.3 is 10.2 Å². The molecule has 2 aromatic rings. The van der Waals surface area contributed by atoms with Crippen LogP contribution in [0.1, 0.15) is 18.9 Å². The predicted molar refractivity (Wildman–Crippen MR) is 54.5 cm³/mol. The lowest BCUT2D eigenvalue weighted by molar-refractivity contribution is 0.256. The first-order chi connectivity index (χ1) is 7.25. The van der Waals surface area contributed by atoms with Crippen LogP contribution in [0.15, 0.2) is 27.5 Å². The second-order valence-corrected chi connectivity index (χ2v) is 3.95. The molecule has 0 atom stereocenters. The van der Waals surface area contributed by atoms with Crippen LogP contribution in [0.3, 0.4) is 0 Å². The van der Waals surface area contributed by atoms with E-state index in [-0.39, 0.29) is 17.8 Å². The number of rotatable bonds is 1. The Balaban J connectivity index is 2.17. The second kappa shape index (κ2) is 2.93. The topological polar surface area (TPSA) is 74.0 Å². The molecule has 0 saturated heterocycles. The van der Waals surface area contributed by atoms with Crippen LogP contribution in [-0.4, -0.2) is 15.6 Å². The van der Waals surface area contributed by atoms with Crippen LogP contribution in [-0.2, 0) is 0 Å². The van der Waals surface area contributed by atoms with E-state index in [0.717, 1.165) is 12.8 Å². The van der Waals surface area contributed by atoms with E-state index in [1.807, 2.05) is 0 Å². The molecular weight excluding hydrogens is 194 g/mol. The standard InChI is InChI=1S/C10H11N3O2/c11-6-4-7(5-6)13-9-8(15-10(13)14)2-1-3-12-9/h1-3,6-7H,4-5,11H2. The zero-order valence-electron chi connectivity index (χ0n) is 8.09. The first-order valence-electron chi connectivity index (χ1n) is 4.97. The van der Waals surface area contributed by atoms with E-state index in [1.165, 1.54) is 0 Å². The van der Waals surface area contributed by atoms with Crippen LogP contribution in [0.2, 0.25) is 0 Å². The number of nitrogens with two attached hydrogens (primary N) is 1. The van der Waals surface area contributed by atoms with Crippen LogP contribution in [0, 0.1) is 0 Å². The Hall–Kier alpha value is -1.62. The molecule has 2 N–H and O–H groups in total. The summed E-state index contributed by atoms with van der Waals surface area (Å²) in [6.07, 6.45) is 3.31. The summed E-state index contributed by atoms with van der Waals surface area (Å²) in [6.45, 7) is 0. The molecule has 0 aromatic carbocycles. The minimum atomic E-state index is -0.333. The van der Waals surface area contributed by atoms with Gasteiger partial charge in [0.2, 0.25) is 0 Å². The van der Waals surface area contributed by atoms with Crippen molar-refractivity contribution in [2.75, 3.05) is 0 Å². The normalized spacial score (nSPS) is 25.4. The highest BCUT2D eigenvalue weighted by Crippen LogP contribution is 2.31. The van der Waals surface area contributed by atoms with Gasteiger partial charge in [-0.05, 0) is 25.0 Å². The van der Waals surface area contributed by atoms with E-state index in [4.69, 9.17) is 10.2 Å². The Labute approximate surface area is 85.5 Å². The molecule has 2 heterocycles. The highest BCUT2D eigenvalue weighted by Gasteiger charge is 2.31. The molecule has 15 heavy (non-hydrogen) atoms. The molecule has 5 heteroatoms. The third-order valence-corrected chi connectivity index (χ3v) is 2.89. The van der Waals surface area contributed by atoms with Crippen molar-refractivity contribution in [3.8, 4) is 0 Å². The molecule has 1 aliphatic rings. The number of fused-ring (bicyclic) bond motifs is 1. The first-order valence-corrected chi connectivity index (χ1v) is 4.97. The third kappa shape index (κ3) is 1.20. The SMILES string of the molecule is NC1CC(n2c(=O)oc3cccnc32)C1. The number of aromatic nitrogens is 2. The van der Waals surface area contributed by atoms with Gasteiger partial charge in [-0.15, -0.1) is 0 Å². The van der Waals surface area contributed by atoms with Gasteiger partial charge in [-0.1, -0.05) is 0 Å². The maximum atomic E-state index is 11.6. The fourth-order valence-electron chi connectivity index (χ4n) is 2.04. The summed E-state index contributed by atoms with van der Waals surface area (Å²) in [4.78, 5) is 15.8. The average molecular weight is 205 g/mol. The predicted octanol–water partition coefficient (Wildman–Crippen LogP) is 0.652. The summed E-state index contributed by atoms with van der Waals surface area (Å²) >= 11 is 0. The fourth-order valence-corrected chi connectivity index (χ4v) is 2.04. The Morgan fingerprint density at radius 3 is 3.07 bits per heavy atom. The molecule has 0 radical (unpaired) electrons. The van der Waals surface area contributed by atoms with E-state index >= 15 is 0 Å². The summed E-state index contributed by atoms with van der Waals surface area (Å²) < 4.78 is 6.71. The molecule has 0 unspecified atom stereocenters.